The highest BCUT2D eigenvalue weighted by Gasteiger charge is 2.55. The minimum Gasteiger partial charge on any atom is -0.335 e. The van der Waals surface area contributed by atoms with Crippen LogP contribution in [0.25, 0.3) is 0 Å². The molecular formula is C17H24N4O. The summed E-state index contributed by atoms with van der Waals surface area (Å²) >= 11 is 0. The Morgan fingerprint density at radius 2 is 2.18 bits per heavy atom. The van der Waals surface area contributed by atoms with Crippen LogP contribution in [0.1, 0.15) is 37.8 Å². The quantitative estimate of drug-likeness (QED) is 0.893. The molecule has 3 fully saturated rings. The lowest BCUT2D eigenvalue weighted by Gasteiger charge is -2.26. The Labute approximate surface area is 131 Å². The van der Waals surface area contributed by atoms with Crippen LogP contribution < -0.4 is 10.6 Å². The number of nitrogens with zero attached hydrogens (tertiary/aromatic N) is 2. The van der Waals surface area contributed by atoms with E-state index in [9.17, 15) is 4.79 Å². The van der Waals surface area contributed by atoms with Crippen molar-refractivity contribution < 1.29 is 4.79 Å². The molecule has 2 saturated carbocycles. The molecule has 0 aromatic carbocycles. The van der Waals surface area contributed by atoms with E-state index in [-0.39, 0.29) is 6.03 Å². The van der Waals surface area contributed by atoms with Gasteiger partial charge in [-0.05, 0) is 62.7 Å². The summed E-state index contributed by atoms with van der Waals surface area (Å²) in [6, 6.07) is 6.78. The van der Waals surface area contributed by atoms with Crippen molar-refractivity contribution in [1.29, 1.82) is 0 Å². The lowest BCUT2D eigenvalue weighted by atomic mass is 9.94. The average molecular weight is 300 g/mol. The van der Waals surface area contributed by atoms with Gasteiger partial charge in [0.2, 0.25) is 0 Å². The maximum Gasteiger partial charge on any atom is 0.318 e. The highest BCUT2D eigenvalue weighted by Crippen LogP contribution is 2.52. The zero-order valence-electron chi connectivity index (χ0n) is 12.9. The first-order valence-electron chi connectivity index (χ1n) is 8.45. The van der Waals surface area contributed by atoms with E-state index in [0.29, 0.717) is 24.0 Å². The molecule has 118 valence electrons. The predicted molar refractivity (Wildman–Crippen MR) is 84.3 cm³/mol. The van der Waals surface area contributed by atoms with Gasteiger partial charge in [-0.3, -0.25) is 4.98 Å². The first-order chi connectivity index (χ1) is 10.8. The van der Waals surface area contributed by atoms with Crippen molar-refractivity contribution >= 4 is 6.03 Å². The Kier molecular flexibility index (Phi) is 3.53. The van der Waals surface area contributed by atoms with Gasteiger partial charge in [-0.2, -0.15) is 0 Å². The van der Waals surface area contributed by atoms with Gasteiger partial charge in [0.25, 0.3) is 0 Å². The number of nitrogens with one attached hydrogen (secondary N) is 2. The second kappa shape index (κ2) is 5.54. The zero-order chi connectivity index (χ0) is 15.0. The maximum atomic E-state index is 12.7. The minimum atomic E-state index is 0.105. The number of urea groups is 1. The number of carbonyl (C=O) groups excluding carboxylic acids is 1. The van der Waals surface area contributed by atoms with E-state index in [2.05, 4.69) is 15.6 Å². The summed E-state index contributed by atoms with van der Waals surface area (Å²) in [5, 5.41) is 6.69. The molecule has 5 heteroatoms. The van der Waals surface area contributed by atoms with Crippen molar-refractivity contribution in [2.75, 3.05) is 13.1 Å². The lowest BCUT2D eigenvalue weighted by Crippen LogP contribution is -2.44. The molecule has 2 N–H and O–H groups in total. The Morgan fingerprint density at radius 1 is 1.36 bits per heavy atom. The molecule has 1 unspecified atom stereocenters. The average Bonchev–Trinajstić information content (AvgIpc) is 3.46. The van der Waals surface area contributed by atoms with E-state index in [1.807, 2.05) is 23.1 Å². The van der Waals surface area contributed by atoms with Crippen molar-refractivity contribution in [2.45, 2.75) is 50.7 Å². The van der Waals surface area contributed by atoms with Crippen LogP contribution in [0.3, 0.4) is 0 Å². The summed E-state index contributed by atoms with van der Waals surface area (Å²) in [6.07, 6.45) is 7.59. The van der Waals surface area contributed by atoms with Gasteiger partial charge >= 0.3 is 6.03 Å². The topological polar surface area (TPSA) is 57.3 Å². The third kappa shape index (κ3) is 2.82. The summed E-state index contributed by atoms with van der Waals surface area (Å²) < 4.78 is 0. The molecule has 1 aromatic rings. The van der Waals surface area contributed by atoms with Crippen LogP contribution in [0.4, 0.5) is 4.79 Å². The van der Waals surface area contributed by atoms with Crippen molar-refractivity contribution in [2.24, 2.45) is 5.41 Å². The number of carbonyl (C=O) groups is 1. The molecule has 2 amide bonds. The van der Waals surface area contributed by atoms with Crippen LogP contribution >= 0.6 is 0 Å². The Hall–Kier alpha value is -1.62. The Morgan fingerprint density at radius 3 is 2.86 bits per heavy atom. The molecule has 2 heterocycles. The molecule has 0 bridgehead atoms. The van der Waals surface area contributed by atoms with E-state index in [0.717, 1.165) is 38.0 Å². The first-order valence-corrected chi connectivity index (χ1v) is 8.45. The van der Waals surface area contributed by atoms with Crippen LogP contribution in [-0.4, -0.2) is 41.1 Å². The highest BCUT2D eigenvalue weighted by atomic mass is 16.2. The molecule has 0 radical (unpaired) electrons. The number of rotatable bonds is 4. The van der Waals surface area contributed by atoms with Gasteiger partial charge in [-0.25, -0.2) is 4.79 Å². The fourth-order valence-corrected chi connectivity index (χ4v) is 3.68. The van der Waals surface area contributed by atoms with Crippen LogP contribution in [0, 0.1) is 5.41 Å². The molecular weight excluding hydrogens is 276 g/mol. The SMILES string of the molecule is O=C(NC1CC12CCNCC2)N(Cc1ccccn1)C1CC1. The van der Waals surface area contributed by atoms with Gasteiger partial charge in [-0.15, -0.1) is 0 Å². The second-order valence-electron chi connectivity index (χ2n) is 7.00. The van der Waals surface area contributed by atoms with Crippen molar-refractivity contribution in [3.05, 3.63) is 30.1 Å². The third-order valence-corrected chi connectivity index (χ3v) is 5.39. The van der Waals surface area contributed by atoms with Crippen LogP contribution in [0.5, 0.6) is 0 Å². The molecule has 1 aromatic heterocycles. The Bertz CT molecular complexity index is 537. The fourth-order valence-electron chi connectivity index (χ4n) is 3.68. The molecule has 3 aliphatic rings. The van der Waals surface area contributed by atoms with Crippen molar-refractivity contribution in [3.8, 4) is 0 Å². The second-order valence-corrected chi connectivity index (χ2v) is 7.00. The monoisotopic (exact) mass is 300 g/mol. The van der Waals surface area contributed by atoms with Gasteiger partial charge in [0.05, 0.1) is 12.2 Å². The van der Waals surface area contributed by atoms with Crippen LogP contribution in [0.15, 0.2) is 24.4 Å². The van der Waals surface area contributed by atoms with Crippen molar-refractivity contribution in [3.63, 3.8) is 0 Å². The number of pyridine rings is 1. The Balaban J connectivity index is 1.37. The predicted octanol–water partition coefficient (Wildman–Crippen LogP) is 1.90. The highest BCUT2D eigenvalue weighted by molar-refractivity contribution is 5.75. The summed E-state index contributed by atoms with van der Waals surface area (Å²) in [6.45, 7) is 2.80. The largest absolute Gasteiger partial charge is 0.335 e. The standard InChI is InChI=1S/C17H24N4O/c22-16(20-15-11-17(15)6-9-18-10-7-17)21(14-4-5-14)12-13-3-1-2-8-19-13/h1-3,8,14-15,18H,4-7,9-12H2,(H,20,22). The van der Waals surface area contributed by atoms with Gasteiger partial charge in [-0.1, -0.05) is 6.07 Å². The van der Waals surface area contributed by atoms with Crippen LogP contribution in [-0.2, 0) is 6.54 Å². The van der Waals surface area contributed by atoms with Gasteiger partial charge in [0.15, 0.2) is 0 Å². The summed E-state index contributed by atoms with van der Waals surface area (Å²) in [5.41, 5.74) is 1.36. The fraction of sp³-hybridized carbons (Fsp3) is 0.647. The molecule has 1 saturated heterocycles. The summed E-state index contributed by atoms with van der Waals surface area (Å²) in [7, 11) is 0. The summed E-state index contributed by atoms with van der Waals surface area (Å²) in [5.74, 6) is 0. The van der Waals surface area contributed by atoms with Crippen molar-refractivity contribution in [1.82, 2.24) is 20.5 Å². The van der Waals surface area contributed by atoms with E-state index in [1.54, 1.807) is 6.20 Å². The molecule has 1 spiro atoms. The van der Waals surface area contributed by atoms with E-state index in [4.69, 9.17) is 0 Å². The smallest absolute Gasteiger partial charge is 0.318 e. The number of hydrogen-bond acceptors (Lipinski definition) is 3. The molecule has 1 atom stereocenters. The molecule has 1 aliphatic heterocycles. The molecule has 5 nitrogen and oxygen atoms in total. The van der Waals surface area contributed by atoms with Gasteiger partial charge in [0.1, 0.15) is 0 Å². The number of piperidine rings is 1. The van der Waals surface area contributed by atoms with E-state index >= 15 is 0 Å². The molecule has 4 rings (SSSR count). The number of amides is 2. The van der Waals surface area contributed by atoms with E-state index < -0.39 is 0 Å². The zero-order valence-corrected chi connectivity index (χ0v) is 12.9. The lowest BCUT2D eigenvalue weighted by molar-refractivity contribution is 0.187. The van der Waals surface area contributed by atoms with E-state index in [1.165, 1.54) is 12.8 Å². The third-order valence-electron chi connectivity index (χ3n) is 5.39. The number of hydrogen-bond donors (Lipinski definition) is 2. The molecule has 22 heavy (non-hydrogen) atoms. The van der Waals surface area contributed by atoms with Gasteiger partial charge in [0, 0.05) is 18.3 Å². The van der Waals surface area contributed by atoms with Gasteiger partial charge < -0.3 is 15.5 Å². The summed E-state index contributed by atoms with van der Waals surface area (Å²) in [4.78, 5) is 19.0. The maximum absolute atomic E-state index is 12.7. The minimum absolute atomic E-state index is 0.105. The normalized spacial score (nSPS) is 25.7. The first kappa shape index (κ1) is 14.0. The number of aromatic nitrogens is 1. The molecule has 2 aliphatic carbocycles. The van der Waals surface area contributed by atoms with Crippen LogP contribution in [0.2, 0.25) is 0 Å².